The SMILES string of the molecule is C#CCOCCOCCOCCOCC(O)C(=O)O. The van der Waals surface area contributed by atoms with Crippen LogP contribution in [0.5, 0.6) is 0 Å². The summed E-state index contributed by atoms with van der Waals surface area (Å²) in [7, 11) is 0. The number of aliphatic carboxylic acids is 1. The summed E-state index contributed by atoms with van der Waals surface area (Å²) in [5, 5.41) is 17.2. The van der Waals surface area contributed by atoms with Crippen molar-refractivity contribution in [3.63, 3.8) is 0 Å². The summed E-state index contributed by atoms with van der Waals surface area (Å²) in [4.78, 5) is 10.2. The molecule has 0 aliphatic heterocycles. The second-order valence-electron chi connectivity index (χ2n) is 3.41. The Morgan fingerprint density at radius 3 is 1.95 bits per heavy atom. The minimum absolute atomic E-state index is 0.218. The molecule has 0 amide bonds. The molecule has 0 heterocycles. The summed E-state index contributed by atoms with van der Waals surface area (Å²) in [6.07, 6.45) is 3.49. The fourth-order valence-corrected chi connectivity index (χ4v) is 0.955. The summed E-state index contributed by atoms with van der Waals surface area (Å²) in [5.41, 5.74) is 0. The quantitative estimate of drug-likeness (QED) is 0.333. The fourth-order valence-electron chi connectivity index (χ4n) is 0.955. The van der Waals surface area contributed by atoms with Crippen LogP contribution < -0.4 is 0 Å². The van der Waals surface area contributed by atoms with Gasteiger partial charge in [0.25, 0.3) is 0 Å². The molecule has 0 aromatic heterocycles. The average molecular weight is 276 g/mol. The van der Waals surface area contributed by atoms with Crippen molar-refractivity contribution >= 4 is 5.97 Å². The summed E-state index contributed by atoms with van der Waals surface area (Å²) >= 11 is 0. The van der Waals surface area contributed by atoms with Crippen LogP contribution in [0.2, 0.25) is 0 Å². The van der Waals surface area contributed by atoms with Crippen LogP contribution in [-0.4, -0.2) is 75.1 Å². The first kappa shape index (κ1) is 17.8. The lowest BCUT2D eigenvalue weighted by atomic mass is 10.4. The molecular weight excluding hydrogens is 256 g/mol. The van der Waals surface area contributed by atoms with E-state index >= 15 is 0 Å². The number of aliphatic hydroxyl groups excluding tert-OH is 1. The zero-order chi connectivity index (χ0) is 14.3. The molecule has 7 heteroatoms. The highest BCUT2D eigenvalue weighted by molar-refractivity contribution is 5.71. The normalized spacial score (nSPS) is 12.0. The van der Waals surface area contributed by atoms with Gasteiger partial charge >= 0.3 is 5.97 Å². The molecule has 0 aromatic rings. The molecule has 0 saturated heterocycles. The molecule has 0 saturated carbocycles. The second kappa shape index (κ2) is 13.3. The van der Waals surface area contributed by atoms with Gasteiger partial charge in [-0.15, -0.1) is 6.42 Å². The number of aliphatic hydroxyl groups is 1. The van der Waals surface area contributed by atoms with Gasteiger partial charge < -0.3 is 29.2 Å². The van der Waals surface area contributed by atoms with Crippen molar-refractivity contribution in [2.45, 2.75) is 6.10 Å². The Labute approximate surface area is 112 Å². The maximum atomic E-state index is 10.2. The van der Waals surface area contributed by atoms with Gasteiger partial charge in [0, 0.05) is 0 Å². The van der Waals surface area contributed by atoms with Crippen molar-refractivity contribution in [1.82, 2.24) is 0 Å². The van der Waals surface area contributed by atoms with E-state index in [2.05, 4.69) is 5.92 Å². The number of carboxylic acid groups (broad SMARTS) is 1. The lowest BCUT2D eigenvalue weighted by Gasteiger charge is -2.08. The minimum atomic E-state index is -1.49. The van der Waals surface area contributed by atoms with Crippen LogP contribution in [0, 0.1) is 12.3 Å². The van der Waals surface area contributed by atoms with Crippen LogP contribution in [0.15, 0.2) is 0 Å². The monoisotopic (exact) mass is 276 g/mol. The van der Waals surface area contributed by atoms with E-state index in [9.17, 15) is 4.79 Å². The Kier molecular flexibility index (Phi) is 12.4. The Hall–Kier alpha value is -1.17. The Morgan fingerprint density at radius 1 is 1.00 bits per heavy atom. The second-order valence-corrected chi connectivity index (χ2v) is 3.41. The lowest BCUT2D eigenvalue weighted by molar-refractivity contribution is -0.150. The molecule has 0 aliphatic rings. The molecule has 0 aromatic carbocycles. The van der Waals surface area contributed by atoms with E-state index in [1.165, 1.54) is 0 Å². The highest BCUT2D eigenvalue weighted by Gasteiger charge is 2.12. The maximum absolute atomic E-state index is 10.2. The first-order chi connectivity index (χ1) is 9.18. The van der Waals surface area contributed by atoms with Gasteiger partial charge in [0.15, 0.2) is 6.10 Å². The van der Waals surface area contributed by atoms with E-state index in [1.54, 1.807) is 0 Å². The van der Waals surface area contributed by atoms with Crippen LogP contribution in [0.4, 0.5) is 0 Å². The number of terminal acetylenes is 1. The minimum Gasteiger partial charge on any atom is -0.479 e. The van der Waals surface area contributed by atoms with Crippen LogP contribution >= 0.6 is 0 Å². The smallest absolute Gasteiger partial charge is 0.334 e. The van der Waals surface area contributed by atoms with Gasteiger partial charge in [-0.1, -0.05) is 5.92 Å². The van der Waals surface area contributed by atoms with E-state index < -0.39 is 12.1 Å². The first-order valence-corrected chi connectivity index (χ1v) is 5.83. The third-order valence-corrected chi connectivity index (χ3v) is 1.86. The van der Waals surface area contributed by atoms with Crippen LogP contribution in [0.1, 0.15) is 0 Å². The van der Waals surface area contributed by atoms with Gasteiger partial charge in [0.1, 0.15) is 6.61 Å². The Morgan fingerprint density at radius 2 is 1.47 bits per heavy atom. The van der Waals surface area contributed by atoms with Crippen molar-refractivity contribution in [3.05, 3.63) is 0 Å². The van der Waals surface area contributed by atoms with Gasteiger partial charge in [0.05, 0.1) is 46.2 Å². The van der Waals surface area contributed by atoms with Crippen LogP contribution in [0.25, 0.3) is 0 Å². The molecule has 0 radical (unpaired) electrons. The number of ether oxygens (including phenoxy) is 4. The molecule has 0 fully saturated rings. The standard InChI is InChI=1S/C12H20O7/c1-2-3-16-4-5-17-6-7-18-8-9-19-10-11(13)12(14)15/h1,11,13H,3-10H2,(H,14,15). The zero-order valence-electron chi connectivity index (χ0n) is 10.7. The summed E-state index contributed by atoms with van der Waals surface area (Å²) in [6, 6.07) is 0. The number of rotatable bonds is 13. The molecule has 0 rings (SSSR count). The largest absolute Gasteiger partial charge is 0.479 e. The average Bonchev–Trinajstić information content (AvgIpc) is 2.39. The molecule has 1 unspecified atom stereocenters. The summed E-state index contributed by atoms with van der Waals surface area (Å²) in [6.45, 7) is 2.28. The van der Waals surface area contributed by atoms with Gasteiger partial charge in [-0.3, -0.25) is 0 Å². The van der Waals surface area contributed by atoms with Crippen molar-refractivity contribution in [1.29, 1.82) is 0 Å². The van der Waals surface area contributed by atoms with E-state index in [1.807, 2.05) is 0 Å². The molecule has 2 N–H and O–H groups in total. The zero-order valence-corrected chi connectivity index (χ0v) is 10.7. The number of carboxylic acids is 1. The molecule has 0 aliphatic carbocycles. The van der Waals surface area contributed by atoms with E-state index in [0.29, 0.717) is 33.0 Å². The van der Waals surface area contributed by atoms with Gasteiger partial charge in [-0.2, -0.15) is 0 Å². The molecule has 7 nitrogen and oxygen atoms in total. The van der Waals surface area contributed by atoms with Gasteiger partial charge in [-0.25, -0.2) is 4.79 Å². The molecule has 1 atom stereocenters. The fraction of sp³-hybridized carbons (Fsp3) is 0.750. The van der Waals surface area contributed by atoms with Crippen molar-refractivity contribution < 1.29 is 34.0 Å². The molecule has 19 heavy (non-hydrogen) atoms. The number of hydrogen-bond acceptors (Lipinski definition) is 6. The number of carbonyl (C=O) groups is 1. The highest BCUT2D eigenvalue weighted by Crippen LogP contribution is 1.87. The lowest BCUT2D eigenvalue weighted by Crippen LogP contribution is -2.26. The van der Waals surface area contributed by atoms with Crippen LogP contribution in [-0.2, 0) is 23.7 Å². The van der Waals surface area contributed by atoms with Crippen molar-refractivity contribution in [2.75, 3.05) is 52.9 Å². The molecule has 0 spiro atoms. The van der Waals surface area contributed by atoms with Crippen molar-refractivity contribution in [3.8, 4) is 12.3 Å². The Bertz CT molecular complexity index is 261. The van der Waals surface area contributed by atoms with E-state index in [4.69, 9.17) is 35.6 Å². The van der Waals surface area contributed by atoms with Crippen molar-refractivity contribution in [2.24, 2.45) is 0 Å². The summed E-state index contributed by atoms with van der Waals surface area (Å²) in [5.74, 6) is 1.04. The first-order valence-electron chi connectivity index (χ1n) is 5.83. The van der Waals surface area contributed by atoms with Gasteiger partial charge in [0.2, 0.25) is 0 Å². The summed E-state index contributed by atoms with van der Waals surface area (Å²) < 4.78 is 20.2. The van der Waals surface area contributed by atoms with Gasteiger partial charge in [-0.05, 0) is 0 Å². The molecular formula is C12H20O7. The van der Waals surface area contributed by atoms with E-state index in [0.717, 1.165) is 0 Å². The topological polar surface area (TPSA) is 94.5 Å². The highest BCUT2D eigenvalue weighted by atomic mass is 16.6. The van der Waals surface area contributed by atoms with Crippen LogP contribution in [0.3, 0.4) is 0 Å². The predicted molar refractivity (Wildman–Crippen MR) is 65.8 cm³/mol. The third kappa shape index (κ3) is 13.1. The third-order valence-electron chi connectivity index (χ3n) is 1.86. The predicted octanol–water partition coefficient (Wildman–Crippen LogP) is -0.868. The maximum Gasteiger partial charge on any atom is 0.334 e. The Balaban J connectivity index is 3.07. The molecule has 110 valence electrons. The van der Waals surface area contributed by atoms with E-state index in [-0.39, 0.29) is 19.8 Å². The molecule has 0 bridgehead atoms. The number of hydrogen-bond donors (Lipinski definition) is 2.